The molecule has 0 fully saturated rings. The molecule has 1 N–H and O–H groups in total. The second-order valence-corrected chi connectivity index (χ2v) is 9.80. The summed E-state index contributed by atoms with van der Waals surface area (Å²) >= 11 is 0. The molecule has 6 nitrogen and oxygen atoms in total. The van der Waals surface area contributed by atoms with Crippen molar-refractivity contribution in [1.29, 1.82) is 0 Å². The van der Waals surface area contributed by atoms with Gasteiger partial charge in [0.2, 0.25) is 5.95 Å². The quantitative estimate of drug-likeness (QED) is 0.203. The number of anilines is 2. The summed E-state index contributed by atoms with van der Waals surface area (Å²) in [6.45, 7) is 1.89. The van der Waals surface area contributed by atoms with Crippen LogP contribution in [0.5, 0.6) is 0 Å². The molecule has 0 bridgehead atoms. The van der Waals surface area contributed by atoms with Gasteiger partial charge in [-0.1, -0.05) is 91.0 Å². The molecule has 0 aliphatic heterocycles. The first kappa shape index (κ1) is 26.9. The lowest BCUT2D eigenvalue weighted by molar-refractivity contribution is -0.141. The number of nitrogens with one attached hydrogen (secondary N) is 1. The molecule has 0 aliphatic rings. The van der Waals surface area contributed by atoms with Crippen LogP contribution in [0.2, 0.25) is 0 Å². The Kier molecular flexibility index (Phi) is 7.00. The number of aromatic nitrogens is 5. The number of alkyl halides is 3. The molecule has 0 atom stereocenters. The van der Waals surface area contributed by atoms with Gasteiger partial charge < -0.3 is 5.32 Å². The minimum atomic E-state index is -4.57. The first-order valence-electron chi connectivity index (χ1n) is 13.2. The van der Waals surface area contributed by atoms with Crippen molar-refractivity contribution in [2.45, 2.75) is 18.6 Å². The van der Waals surface area contributed by atoms with E-state index in [0.717, 1.165) is 34.5 Å². The van der Waals surface area contributed by atoms with Crippen LogP contribution in [0.25, 0.3) is 11.4 Å². The lowest BCUT2D eigenvalue weighted by Gasteiger charge is -2.35. The van der Waals surface area contributed by atoms with Crippen LogP contribution in [0.3, 0.4) is 0 Å². The number of benzene rings is 4. The van der Waals surface area contributed by atoms with E-state index in [0.29, 0.717) is 17.1 Å². The van der Waals surface area contributed by atoms with Crippen molar-refractivity contribution in [2.75, 3.05) is 5.32 Å². The number of hydrogen-bond donors (Lipinski definition) is 1. The Morgan fingerprint density at radius 1 is 0.690 bits per heavy atom. The monoisotopic (exact) mass is 562 g/mol. The second-order valence-electron chi connectivity index (χ2n) is 9.80. The normalized spacial score (nSPS) is 11.8. The molecule has 6 rings (SSSR count). The van der Waals surface area contributed by atoms with Gasteiger partial charge in [0, 0.05) is 17.4 Å². The van der Waals surface area contributed by atoms with E-state index in [1.807, 2.05) is 72.3 Å². The summed E-state index contributed by atoms with van der Waals surface area (Å²) in [5, 5.41) is 7.91. The molecule has 0 amide bonds. The van der Waals surface area contributed by atoms with Gasteiger partial charge in [-0.25, -0.2) is 19.6 Å². The SMILES string of the molecule is Cc1cc(Nc2nccc(C(F)(F)F)n2)cc(-c2ncn(C(c3ccccc3)(c3ccccc3)c3ccccc3)n2)c1. The van der Waals surface area contributed by atoms with Gasteiger partial charge in [-0.05, 0) is 53.4 Å². The fourth-order valence-corrected chi connectivity index (χ4v) is 5.18. The predicted molar refractivity (Wildman–Crippen MR) is 155 cm³/mol. The number of halogens is 3. The molecule has 0 spiro atoms. The average molecular weight is 563 g/mol. The molecule has 2 aromatic heterocycles. The third-order valence-electron chi connectivity index (χ3n) is 6.95. The van der Waals surface area contributed by atoms with Crippen LogP contribution in [0.1, 0.15) is 27.9 Å². The largest absolute Gasteiger partial charge is 0.433 e. The zero-order chi connectivity index (χ0) is 29.2. The zero-order valence-electron chi connectivity index (χ0n) is 22.5. The molecule has 6 aromatic rings. The number of aryl methyl sites for hydroxylation is 1. The molecular weight excluding hydrogens is 537 g/mol. The molecular formula is C33H25F3N6. The summed E-state index contributed by atoms with van der Waals surface area (Å²) in [5.74, 6) is 0.301. The lowest BCUT2D eigenvalue weighted by atomic mass is 9.77. The van der Waals surface area contributed by atoms with E-state index < -0.39 is 17.4 Å². The van der Waals surface area contributed by atoms with Crippen LogP contribution < -0.4 is 5.32 Å². The predicted octanol–water partition coefficient (Wildman–Crippen LogP) is 7.65. The van der Waals surface area contributed by atoms with Crippen LogP contribution >= 0.6 is 0 Å². The highest BCUT2D eigenvalue weighted by molar-refractivity contribution is 5.66. The van der Waals surface area contributed by atoms with E-state index in [2.05, 4.69) is 51.7 Å². The Labute approximate surface area is 240 Å². The molecule has 0 radical (unpaired) electrons. The lowest BCUT2D eigenvalue weighted by Crippen LogP contribution is -2.38. The van der Waals surface area contributed by atoms with Gasteiger partial charge in [-0.15, -0.1) is 5.10 Å². The smallest absolute Gasteiger partial charge is 0.324 e. The summed E-state index contributed by atoms with van der Waals surface area (Å²) in [6, 6.07) is 36.7. The molecule has 0 aliphatic carbocycles. The molecule has 2 heterocycles. The Bertz CT molecular complexity index is 1710. The minimum absolute atomic E-state index is 0.156. The van der Waals surface area contributed by atoms with Gasteiger partial charge in [0.05, 0.1) is 0 Å². The van der Waals surface area contributed by atoms with Crippen LogP contribution in [-0.2, 0) is 11.7 Å². The Balaban J connectivity index is 1.46. The average Bonchev–Trinajstić information content (AvgIpc) is 3.49. The Morgan fingerprint density at radius 3 is 1.81 bits per heavy atom. The van der Waals surface area contributed by atoms with E-state index >= 15 is 0 Å². The first-order valence-corrected chi connectivity index (χ1v) is 13.2. The van der Waals surface area contributed by atoms with E-state index in [1.54, 1.807) is 18.5 Å². The van der Waals surface area contributed by atoms with Crippen molar-refractivity contribution < 1.29 is 13.2 Å². The van der Waals surface area contributed by atoms with Gasteiger partial charge in [0.15, 0.2) is 5.82 Å². The highest BCUT2D eigenvalue weighted by Gasteiger charge is 2.39. The summed E-state index contributed by atoms with van der Waals surface area (Å²) < 4.78 is 41.4. The number of rotatable bonds is 7. The third-order valence-corrected chi connectivity index (χ3v) is 6.95. The molecule has 42 heavy (non-hydrogen) atoms. The molecule has 0 unspecified atom stereocenters. The molecule has 4 aromatic carbocycles. The standard InChI is InChI=1S/C33H25F3N6/c1-23-19-24(21-28(20-23)39-31-37-18-17-29(40-31)33(34,35)36)30-38-22-42(41-30)32(25-11-5-2-6-12-25,26-13-7-3-8-14-26)27-15-9-4-10-16-27/h2-22H,1H3,(H,37,39,40). The maximum atomic E-state index is 13.2. The van der Waals surface area contributed by atoms with Crippen LogP contribution in [0.15, 0.2) is 128 Å². The van der Waals surface area contributed by atoms with Gasteiger partial charge in [-0.2, -0.15) is 13.2 Å². The first-order chi connectivity index (χ1) is 20.3. The topological polar surface area (TPSA) is 68.5 Å². The Morgan fingerprint density at radius 2 is 1.26 bits per heavy atom. The fourth-order valence-electron chi connectivity index (χ4n) is 5.18. The van der Waals surface area contributed by atoms with Crippen molar-refractivity contribution in [1.82, 2.24) is 24.7 Å². The summed E-state index contributed by atoms with van der Waals surface area (Å²) in [7, 11) is 0. The fraction of sp³-hybridized carbons (Fsp3) is 0.0909. The second kappa shape index (κ2) is 10.9. The molecule has 0 saturated heterocycles. The van der Waals surface area contributed by atoms with Crippen LogP contribution in [-0.4, -0.2) is 24.7 Å². The van der Waals surface area contributed by atoms with Crippen molar-refractivity contribution in [3.05, 3.63) is 156 Å². The van der Waals surface area contributed by atoms with E-state index in [4.69, 9.17) is 10.1 Å². The Hall–Kier alpha value is -5.31. The summed E-state index contributed by atoms with van der Waals surface area (Å²) in [4.78, 5) is 12.3. The molecule has 0 saturated carbocycles. The van der Waals surface area contributed by atoms with E-state index in [1.165, 1.54) is 0 Å². The van der Waals surface area contributed by atoms with E-state index in [9.17, 15) is 13.2 Å². The van der Waals surface area contributed by atoms with Crippen molar-refractivity contribution >= 4 is 11.6 Å². The summed E-state index contributed by atoms with van der Waals surface area (Å²) in [6.07, 6.45) is -1.78. The van der Waals surface area contributed by atoms with E-state index in [-0.39, 0.29) is 5.95 Å². The van der Waals surface area contributed by atoms with Gasteiger partial charge >= 0.3 is 6.18 Å². The van der Waals surface area contributed by atoms with Gasteiger partial charge in [0.25, 0.3) is 0 Å². The summed E-state index contributed by atoms with van der Waals surface area (Å²) in [5.41, 5.74) is 3.23. The van der Waals surface area contributed by atoms with Gasteiger partial charge in [0.1, 0.15) is 17.6 Å². The highest BCUT2D eigenvalue weighted by Crippen LogP contribution is 2.40. The van der Waals surface area contributed by atoms with Crippen molar-refractivity contribution in [3.8, 4) is 11.4 Å². The van der Waals surface area contributed by atoms with Crippen molar-refractivity contribution in [2.24, 2.45) is 0 Å². The van der Waals surface area contributed by atoms with Crippen molar-refractivity contribution in [3.63, 3.8) is 0 Å². The molecule has 9 heteroatoms. The highest BCUT2D eigenvalue weighted by atomic mass is 19.4. The molecule has 208 valence electrons. The van der Waals surface area contributed by atoms with Gasteiger partial charge in [-0.3, -0.25) is 0 Å². The number of nitrogens with zero attached hydrogens (tertiary/aromatic N) is 5. The number of hydrogen-bond acceptors (Lipinski definition) is 5. The minimum Gasteiger partial charge on any atom is -0.324 e. The zero-order valence-corrected chi connectivity index (χ0v) is 22.5. The third kappa shape index (κ3) is 5.12. The van der Waals surface area contributed by atoms with Crippen LogP contribution in [0.4, 0.5) is 24.8 Å². The maximum Gasteiger partial charge on any atom is 0.433 e. The van der Waals surface area contributed by atoms with Crippen LogP contribution in [0, 0.1) is 6.92 Å². The maximum absolute atomic E-state index is 13.2.